The molecule has 0 saturated heterocycles. The van der Waals surface area contributed by atoms with Crippen LogP contribution in [0.2, 0.25) is 0 Å². The van der Waals surface area contributed by atoms with Gasteiger partial charge in [0, 0.05) is 12.8 Å². The van der Waals surface area contributed by atoms with Crippen LogP contribution >= 0.6 is 0 Å². The van der Waals surface area contributed by atoms with Crippen molar-refractivity contribution in [3.05, 3.63) is 0 Å². The van der Waals surface area contributed by atoms with Crippen LogP contribution in [-0.2, 0) is 4.79 Å². The van der Waals surface area contributed by atoms with Crippen LogP contribution in [-0.4, -0.2) is 5.78 Å². The third-order valence-electron chi connectivity index (χ3n) is 5.54. The van der Waals surface area contributed by atoms with Gasteiger partial charge in [0.05, 0.1) is 0 Å². The van der Waals surface area contributed by atoms with Crippen LogP contribution in [0.1, 0.15) is 46.0 Å². The molecular formula is C12H18O. The SMILES string of the molecule is CC1(C)[C@@H]2CC[C@@H](C2)C12CC(=O)C2. The van der Waals surface area contributed by atoms with Crippen molar-refractivity contribution < 1.29 is 4.79 Å². The Bertz CT molecular complexity index is 269. The van der Waals surface area contributed by atoms with Gasteiger partial charge in [0.1, 0.15) is 5.78 Å². The second-order valence-electron chi connectivity index (χ2n) is 5.98. The van der Waals surface area contributed by atoms with Gasteiger partial charge in [0.2, 0.25) is 0 Å². The maximum absolute atomic E-state index is 11.2. The second-order valence-corrected chi connectivity index (χ2v) is 5.98. The molecular weight excluding hydrogens is 160 g/mol. The Morgan fingerprint density at radius 3 is 2.23 bits per heavy atom. The van der Waals surface area contributed by atoms with Crippen LogP contribution in [0.3, 0.4) is 0 Å². The van der Waals surface area contributed by atoms with Crippen LogP contribution in [0.5, 0.6) is 0 Å². The lowest BCUT2D eigenvalue weighted by atomic mass is 9.48. The Labute approximate surface area is 79.9 Å². The molecule has 3 fully saturated rings. The Morgan fingerprint density at radius 1 is 1.15 bits per heavy atom. The average molecular weight is 178 g/mol. The van der Waals surface area contributed by atoms with Gasteiger partial charge in [-0.25, -0.2) is 0 Å². The third kappa shape index (κ3) is 0.693. The summed E-state index contributed by atoms with van der Waals surface area (Å²) in [7, 11) is 0. The minimum atomic E-state index is 0.451. The topological polar surface area (TPSA) is 17.1 Å². The van der Waals surface area contributed by atoms with Crippen molar-refractivity contribution in [1.82, 2.24) is 0 Å². The van der Waals surface area contributed by atoms with E-state index >= 15 is 0 Å². The van der Waals surface area contributed by atoms with Crippen molar-refractivity contribution >= 4 is 5.78 Å². The summed E-state index contributed by atoms with van der Waals surface area (Å²) in [5.74, 6) is 2.33. The summed E-state index contributed by atoms with van der Waals surface area (Å²) in [6, 6.07) is 0. The summed E-state index contributed by atoms with van der Waals surface area (Å²) in [5, 5.41) is 0. The summed E-state index contributed by atoms with van der Waals surface area (Å²) in [4.78, 5) is 11.2. The van der Waals surface area contributed by atoms with Crippen LogP contribution in [0.4, 0.5) is 0 Å². The van der Waals surface area contributed by atoms with E-state index in [0.29, 0.717) is 16.6 Å². The number of Topliss-reactive ketones (excluding diaryl/α,β-unsaturated/α-hetero) is 1. The van der Waals surface area contributed by atoms with Gasteiger partial charge in [-0.15, -0.1) is 0 Å². The van der Waals surface area contributed by atoms with Crippen molar-refractivity contribution in [3.63, 3.8) is 0 Å². The van der Waals surface area contributed by atoms with E-state index in [4.69, 9.17) is 0 Å². The zero-order valence-corrected chi connectivity index (χ0v) is 8.60. The highest BCUT2D eigenvalue weighted by molar-refractivity contribution is 5.87. The van der Waals surface area contributed by atoms with Crippen LogP contribution in [0, 0.1) is 22.7 Å². The van der Waals surface area contributed by atoms with Crippen LogP contribution < -0.4 is 0 Å². The Balaban J connectivity index is 2.00. The monoisotopic (exact) mass is 178 g/mol. The first kappa shape index (κ1) is 8.02. The van der Waals surface area contributed by atoms with E-state index in [-0.39, 0.29) is 0 Å². The fraction of sp³-hybridized carbons (Fsp3) is 0.917. The molecule has 13 heavy (non-hydrogen) atoms. The summed E-state index contributed by atoms with van der Waals surface area (Å²) in [5.41, 5.74) is 0.914. The zero-order chi connectivity index (χ0) is 9.27. The molecule has 0 aromatic heterocycles. The molecule has 1 spiro atoms. The average Bonchev–Trinajstić information content (AvgIpc) is 2.50. The van der Waals surface area contributed by atoms with Gasteiger partial charge < -0.3 is 0 Å². The predicted octanol–water partition coefficient (Wildman–Crippen LogP) is 2.79. The molecule has 3 aliphatic rings. The maximum atomic E-state index is 11.2. The molecule has 3 aliphatic carbocycles. The van der Waals surface area contributed by atoms with Gasteiger partial charge in [-0.1, -0.05) is 13.8 Å². The number of rotatable bonds is 0. The van der Waals surface area contributed by atoms with Crippen molar-refractivity contribution in [3.8, 4) is 0 Å². The van der Waals surface area contributed by atoms with E-state index in [1.807, 2.05) is 0 Å². The molecule has 0 aliphatic heterocycles. The molecule has 3 rings (SSSR count). The number of ketones is 1. The molecule has 1 heteroatoms. The summed E-state index contributed by atoms with van der Waals surface area (Å²) in [6.45, 7) is 4.81. The standard InChI is InChI=1S/C12H18O/c1-11(2)8-3-4-9(5-8)12(11)6-10(13)7-12/h8-9H,3-7H2,1-2H3/t8-,9+/m1/s1. The molecule has 0 amide bonds. The molecule has 1 nitrogen and oxygen atoms in total. The third-order valence-corrected chi connectivity index (χ3v) is 5.54. The minimum absolute atomic E-state index is 0.451. The lowest BCUT2D eigenvalue weighted by Gasteiger charge is -2.55. The first-order chi connectivity index (χ1) is 6.06. The highest BCUT2D eigenvalue weighted by Crippen LogP contribution is 2.72. The van der Waals surface area contributed by atoms with E-state index in [1.54, 1.807) is 0 Å². The summed E-state index contributed by atoms with van der Waals surface area (Å²) in [6.07, 6.45) is 6.05. The fourth-order valence-corrected chi connectivity index (χ4v) is 4.47. The molecule has 3 saturated carbocycles. The van der Waals surface area contributed by atoms with Gasteiger partial charge in [-0.2, -0.15) is 0 Å². The smallest absolute Gasteiger partial charge is 0.134 e. The van der Waals surface area contributed by atoms with Crippen molar-refractivity contribution in [2.45, 2.75) is 46.0 Å². The van der Waals surface area contributed by atoms with Crippen molar-refractivity contribution in [2.75, 3.05) is 0 Å². The number of carbonyl (C=O) groups is 1. The van der Waals surface area contributed by atoms with E-state index in [9.17, 15) is 4.79 Å². The summed E-state index contributed by atoms with van der Waals surface area (Å²) < 4.78 is 0. The van der Waals surface area contributed by atoms with Crippen LogP contribution in [0.15, 0.2) is 0 Å². The highest BCUT2D eigenvalue weighted by atomic mass is 16.1. The quantitative estimate of drug-likeness (QED) is 0.557. The molecule has 0 heterocycles. The molecule has 0 unspecified atom stereocenters. The largest absolute Gasteiger partial charge is 0.300 e. The Morgan fingerprint density at radius 2 is 1.77 bits per heavy atom. The number of fused-ring (bicyclic) bond motifs is 3. The molecule has 0 aromatic rings. The van der Waals surface area contributed by atoms with E-state index in [1.165, 1.54) is 19.3 Å². The Hall–Kier alpha value is -0.330. The van der Waals surface area contributed by atoms with Gasteiger partial charge in [0.15, 0.2) is 0 Å². The molecule has 0 N–H and O–H groups in total. The van der Waals surface area contributed by atoms with Gasteiger partial charge in [0.25, 0.3) is 0 Å². The van der Waals surface area contributed by atoms with Crippen molar-refractivity contribution in [1.29, 1.82) is 0 Å². The van der Waals surface area contributed by atoms with E-state index in [0.717, 1.165) is 24.7 Å². The first-order valence-electron chi connectivity index (χ1n) is 5.58. The first-order valence-corrected chi connectivity index (χ1v) is 5.58. The lowest BCUT2D eigenvalue weighted by Crippen LogP contribution is -2.52. The summed E-state index contributed by atoms with van der Waals surface area (Å²) >= 11 is 0. The minimum Gasteiger partial charge on any atom is -0.300 e. The Kier molecular flexibility index (Phi) is 1.24. The maximum Gasteiger partial charge on any atom is 0.134 e. The fourth-order valence-electron chi connectivity index (χ4n) is 4.47. The van der Waals surface area contributed by atoms with Gasteiger partial charge in [-0.05, 0) is 41.9 Å². The highest BCUT2D eigenvalue weighted by Gasteiger charge is 2.66. The second kappa shape index (κ2) is 2.02. The lowest BCUT2D eigenvalue weighted by molar-refractivity contribution is -0.147. The molecule has 0 aromatic carbocycles. The van der Waals surface area contributed by atoms with Gasteiger partial charge >= 0.3 is 0 Å². The normalized spacial score (nSPS) is 44.0. The van der Waals surface area contributed by atoms with Crippen molar-refractivity contribution in [2.24, 2.45) is 22.7 Å². The van der Waals surface area contributed by atoms with Crippen LogP contribution in [0.25, 0.3) is 0 Å². The molecule has 2 atom stereocenters. The van der Waals surface area contributed by atoms with Gasteiger partial charge in [-0.3, -0.25) is 4.79 Å². The predicted molar refractivity (Wildman–Crippen MR) is 51.3 cm³/mol. The molecule has 2 bridgehead atoms. The number of carbonyl (C=O) groups excluding carboxylic acids is 1. The number of hydrogen-bond acceptors (Lipinski definition) is 1. The van der Waals surface area contributed by atoms with E-state index in [2.05, 4.69) is 13.8 Å². The molecule has 0 radical (unpaired) electrons. The zero-order valence-electron chi connectivity index (χ0n) is 8.60. The molecule has 72 valence electrons. The van der Waals surface area contributed by atoms with E-state index < -0.39 is 0 Å². The number of hydrogen-bond donors (Lipinski definition) is 0.